The van der Waals surface area contributed by atoms with Crippen molar-refractivity contribution in [2.24, 2.45) is 0 Å². The summed E-state index contributed by atoms with van der Waals surface area (Å²) in [5.74, 6) is -0.579. The highest BCUT2D eigenvalue weighted by Crippen LogP contribution is 2.37. The molecular formula is C24H27NO6. The second-order valence-corrected chi connectivity index (χ2v) is 8.38. The molecule has 0 fully saturated rings. The van der Waals surface area contributed by atoms with Gasteiger partial charge in [-0.15, -0.1) is 0 Å². The summed E-state index contributed by atoms with van der Waals surface area (Å²) in [7, 11) is 0. The zero-order chi connectivity index (χ0) is 22.3. The SMILES string of the molecule is CCC[C@H](NC(=O)Cc1c(C)c2cc3c4c(oc3c(C)c2oc1=O)CCCC4)C(=O)O. The lowest BCUT2D eigenvalue weighted by atomic mass is 9.93. The third kappa shape index (κ3) is 3.73. The summed E-state index contributed by atoms with van der Waals surface area (Å²) >= 11 is 0. The minimum atomic E-state index is -1.08. The van der Waals surface area contributed by atoms with Crippen molar-refractivity contribution in [1.29, 1.82) is 0 Å². The van der Waals surface area contributed by atoms with Gasteiger partial charge in [0.15, 0.2) is 0 Å². The standard InChI is InChI=1S/C24H27NO6/c1-4-7-18(23(27)28)25-20(26)11-16-12(2)15-10-17-14-8-5-6-9-19(14)30-22(17)13(3)21(15)31-24(16)29/h10,18H,4-9,11H2,1-3H3,(H,25,26)(H,27,28)/t18-/m0/s1. The van der Waals surface area contributed by atoms with Gasteiger partial charge in [-0.2, -0.15) is 0 Å². The van der Waals surface area contributed by atoms with Crippen LogP contribution in [0.2, 0.25) is 0 Å². The fraction of sp³-hybridized carbons (Fsp3) is 0.458. The summed E-state index contributed by atoms with van der Waals surface area (Å²) < 4.78 is 11.7. The highest BCUT2D eigenvalue weighted by Gasteiger charge is 2.24. The van der Waals surface area contributed by atoms with E-state index in [-0.39, 0.29) is 12.0 Å². The molecule has 3 aromatic rings. The molecule has 7 heteroatoms. The Morgan fingerprint density at radius 3 is 2.52 bits per heavy atom. The van der Waals surface area contributed by atoms with E-state index >= 15 is 0 Å². The number of amides is 1. The van der Waals surface area contributed by atoms with Crippen LogP contribution in [0.4, 0.5) is 0 Å². The van der Waals surface area contributed by atoms with Crippen molar-refractivity contribution in [2.75, 3.05) is 0 Å². The van der Waals surface area contributed by atoms with Crippen molar-refractivity contribution in [1.82, 2.24) is 5.32 Å². The predicted octanol–water partition coefficient (Wildman–Crippen LogP) is 3.95. The molecule has 1 aliphatic carbocycles. The van der Waals surface area contributed by atoms with Crippen molar-refractivity contribution in [3.8, 4) is 0 Å². The Hall–Kier alpha value is -3.09. The molecule has 0 saturated carbocycles. The third-order valence-electron chi connectivity index (χ3n) is 6.27. The normalized spacial score (nSPS) is 14.5. The maximum atomic E-state index is 12.7. The van der Waals surface area contributed by atoms with Gasteiger partial charge >= 0.3 is 11.6 Å². The number of carbonyl (C=O) groups is 2. The number of carboxylic acid groups (broad SMARTS) is 1. The van der Waals surface area contributed by atoms with E-state index < -0.39 is 23.5 Å². The fourth-order valence-corrected chi connectivity index (χ4v) is 4.57. The number of benzene rings is 1. The quantitative estimate of drug-likeness (QED) is 0.579. The summed E-state index contributed by atoms with van der Waals surface area (Å²) in [6, 6.07) is 1.03. The second kappa shape index (κ2) is 8.21. The molecule has 0 aliphatic heterocycles. The molecule has 2 N–H and O–H groups in total. The molecule has 2 aromatic heterocycles. The number of aliphatic carboxylic acids is 1. The number of rotatable bonds is 6. The van der Waals surface area contributed by atoms with Gasteiger partial charge in [0.2, 0.25) is 5.91 Å². The first-order valence-corrected chi connectivity index (χ1v) is 10.8. The van der Waals surface area contributed by atoms with Crippen LogP contribution in [-0.2, 0) is 28.9 Å². The molecule has 0 saturated heterocycles. The average molecular weight is 425 g/mol. The molecule has 0 spiro atoms. The molecule has 0 bridgehead atoms. The van der Waals surface area contributed by atoms with E-state index in [1.807, 2.05) is 19.9 Å². The lowest BCUT2D eigenvalue weighted by Crippen LogP contribution is -2.41. The van der Waals surface area contributed by atoms with Crippen molar-refractivity contribution >= 4 is 33.8 Å². The average Bonchev–Trinajstić information content (AvgIpc) is 3.11. The molecule has 0 radical (unpaired) electrons. The molecule has 1 aromatic carbocycles. The number of nitrogens with one attached hydrogen (secondary N) is 1. The van der Waals surface area contributed by atoms with Gasteiger partial charge in [0.1, 0.15) is 23.0 Å². The van der Waals surface area contributed by atoms with Gasteiger partial charge in [-0.25, -0.2) is 9.59 Å². The van der Waals surface area contributed by atoms with Crippen LogP contribution in [0.3, 0.4) is 0 Å². The van der Waals surface area contributed by atoms with Crippen LogP contribution >= 0.6 is 0 Å². The summed E-state index contributed by atoms with van der Waals surface area (Å²) in [6.07, 6.45) is 4.83. The van der Waals surface area contributed by atoms with Gasteiger partial charge in [0.05, 0.1) is 12.0 Å². The zero-order valence-electron chi connectivity index (χ0n) is 18.1. The van der Waals surface area contributed by atoms with Crippen LogP contribution in [-0.4, -0.2) is 23.0 Å². The van der Waals surface area contributed by atoms with Gasteiger partial charge in [0, 0.05) is 28.3 Å². The lowest BCUT2D eigenvalue weighted by molar-refractivity contribution is -0.141. The number of fused-ring (bicyclic) bond motifs is 4. The van der Waals surface area contributed by atoms with Crippen molar-refractivity contribution in [2.45, 2.75) is 71.8 Å². The topological polar surface area (TPSA) is 110 Å². The number of hydrogen-bond donors (Lipinski definition) is 2. The number of furan rings is 1. The summed E-state index contributed by atoms with van der Waals surface area (Å²) in [5.41, 5.74) is 3.59. The maximum absolute atomic E-state index is 12.7. The molecule has 7 nitrogen and oxygen atoms in total. The summed E-state index contributed by atoms with van der Waals surface area (Å²) in [4.78, 5) is 36.6. The van der Waals surface area contributed by atoms with Crippen LogP contribution < -0.4 is 10.9 Å². The van der Waals surface area contributed by atoms with Gasteiger partial charge in [-0.05, 0) is 51.2 Å². The van der Waals surface area contributed by atoms with E-state index in [2.05, 4.69) is 5.32 Å². The molecule has 31 heavy (non-hydrogen) atoms. The fourth-order valence-electron chi connectivity index (χ4n) is 4.57. The lowest BCUT2D eigenvalue weighted by Gasteiger charge is -2.14. The van der Waals surface area contributed by atoms with E-state index in [0.717, 1.165) is 53.4 Å². The van der Waals surface area contributed by atoms with Gasteiger partial charge < -0.3 is 19.3 Å². The first-order valence-electron chi connectivity index (χ1n) is 10.8. The van der Waals surface area contributed by atoms with E-state index in [1.54, 1.807) is 6.92 Å². The highest BCUT2D eigenvalue weighted by atomic mass is 16.4. The molecule has 2 heterocycles. The minimum Gasteiger partial charge on any atom is -0.480 e. The number of carbonyl (C=O) groups excluding carboxylic acids is 1. The third-order valence-corrected chi connectivity index (χ3v) is 6.27. The van der Waals surface area contributed by atoms with E-state index in [1.165, 1.54) is 5.56 Å². The van der Waals surface area contributed by atoms with Crippen LogP contribution in [0.5, 0.6) is 0 Å². The molecule has 1 amide bonds. The number of hydrogen-bond acceptors (Lipinski definition) is 5. The molecule has 164 valence electrons. The Kier molecular flexibility index (Phi) is 5.60. The monoisotopic (exact) mass is 425 g/mol. The molecule has 0 unspecified atom stereocenters. The van der Waals surface area contributed by atoms with Crippen LogP contribution in [0, 0.1) is 13.8 Å². The molecule has 1 aliphatic rings. The number of carboxylic acids is 1. The first-order chi connectivity index (χ1) is 14.8. The Bertz CT molecular complexity index is 1250. The summed E-state index contributed by atoms with van der Waals surface area (Å²) in [6.45, 7) is 5.54. The molecule has 1 atom stereocenters. The van der Waals surface area contributed by atoms with Crippen molar-refractivity contribution in [3.63, 3.8) is 0 Å². The summed E-state index contributed by atoms with van der Waals surface area (Å²) in [5, 5.41) is 13.6. The van der Waals surface area contributed by atoms with Gasteiger partial charge in [-0.3, -0.25) is 4.79 Å². The van der Waals surface area contributed by atoms with Crippen molar-refractivity contribution < 1.29 is 23.5 Å². The largest absolute Gasteiger partial charge is 0.480 e. The maximum Gasteiger partial charge on any atom is 0.340 e. The molecular weight excluding hydrogens is 398 g/mol. The highest BCUT2D eigenvalue weighted by molar-refractivity contribution is 6.00. The second-order valence-electron chi connectivity index (χ2n) is 8.38. The Morgan fingerprint density at radius 1 is 1.10 bits per heavy atom. The number of aryl methyl sites for hydroxylation is 4. The van der Waals surface area contributed by atoms with E-state index in [0.29, 0.717) is 24.0 Å². The minimum absolute atomic E-state index is 0.224. The Morgan fingerprint density at radius 2 is 1.81 bits per heavy atom. The van der Waals surface area contributed by atoms with Crippen LogP contribution in [0.1, 0.15) is 60.6 Å². The van der Waals surface area contributed by atoms with E-state index in [9.17, 15) is 19.5 Å². The zero-order valence-corrected chi connectivity index (χ0v) is 18.1. The molecule has 4 rings (SSSR count). The van der Waals surface area contributed by atoms with E-state index in [4.69, 9.17) is 8.83 Å². The van der Waals surface area contributed by atoms with Gasteiger partial charge in [0.25, 0.3) is 0 Å². The van der Waals surface area contributed by atoms with Crippen molar-refractivity contribution in [3.05, 3.63) is 44.5 Å². The Labute approximate surface area is 179 Å². The van der Waals surface area contributed by atoms with Crippen LogP contribution in [0.25, 0.3) is 21.9 Å². The predicted molar refractivity (Wildman–Crippen MR) is 117 cm³/mol. The van der Waals surface area contributed by atoms with Crippen LogP contribution in [0.15, 0.2) is 19.7 Å². The smallest absolute Gasteiger partial charge is 0.340 e. The Balaban J connectivity index is 1.77. The first kappa shape index (κ1) is 21.2. The van der Waals surface area contributed by atoms with Gasteiger partial charge in [-0.1, -0.05) is 13.3 Å².